The van der Waals surface area contributed by atoms with Gasteiger partial charge >= 0.3 is 22.4 Å². The summed E-state index contributed by atoms with van der Waals surface area (Å²) in [7, 11) is -16.7. The molecular formula is C2H5F5N3O2P3S. The van der Waals surface area contributed by atoms with Gasteiger partial charge in [-0.3, -0.25) is 0 Å². The van der Waals surface area contributed by atoms with E-state index in [2.05, 4.69) is 0 Å². The van der Waals surface area contributed by atoms with Crippen molar-refractivity contribution < 1.29 is 29.4 Å². The van der Waals surface area contributed by atoms with Crippen LogP contribution in [-0.4, -0.2) is 14.2 Å². The van der Waals surface area contributed by atoms with E-state index in [1.165, 1.54) is 0 Å². The second kappa shape index (κ2) is 3.90. The van der Waals surface area contributed by atoms with E-state index in [1.807, 2.05) is 9.03 Å². The third-order valence-corrected chi connectivity index (χ3v) is 12.2. The molecule has 0 radical (unpaired) electrons. The first kappa shape index (κ1) is 14.4. The fraction of sp³-hybridized carbons (Fsp3) is 1.00. The molecule has 1 aliphatic rings. The molecule has 0 saturated carbocycles. The Morgan fingerprint density at radius 3 is 1.75 bits per heavy atom. The summed E-state index contributed by atoms with van der Waals surface area (Å²) in [4.78, 5) is 0. The first-order valence-electron chi connectivity index (χ1n) is 3.56. The monoisotopic (exact) mass is 323 g/mol. The lowest BCUT2D eigenvalue weighted by Gasteiger charge is -2.15. The molecule has 0 spiro atoms. The zero-order valence-corrected chi connectivity index (χ0v) is 11.0. The molecule has 0 aliphatic carbocycles. The topological polar surface area (TPSA) is 71.2 Å². The third kappa shape index (κ3) is 2.75. The smallest absolute Gasteiger partial charge is 0.218 e. The summed E-state index contributed by atoms with van der Waals surface area (Å²) in [5.74, 6) is -0.926. The lowest BCUT2D eigenvalue weighted by atomic mass is 11.0. The summed E-state index contributed by atoms with van der Waals surface area (Å²) in [5.41, 5.74) is 0. The van der Waals surface area contributed by atoms with Crippen molar-refractivity contribution in [1.29, 1.82) is 0 Å². The van der Waals surface area contributed by atoms with Crippen LogP contribution in [-0.2, 0) is 9.46 Å². The Hall–Kier alpha value is 0.290. The van der Waals surface area contributed by atoms with Gasteiger partial charge in [0, 0.05) is 0 Å². The molecule has 16 heavy (non-hydrogen) atoms. The van der Waals surface area contributed by atoms with Crippen molar-refractivity contribution >= 4 is 31.8 Å². The average molecular weight is 323 g/mol. The highest BCUT2D eigenvalue weighted by Crippen LogP contribution is 2.83. The van der Waals surface area contributed by atoms with Crippen molar-refractivity contribution in [1.82, 2.24) is 0 Å². The normalized spacial score (nSPS) is 32.1. The molecule has 14 heteroatoms. The van der Waals surface area contributed by atoms with Crippen LogP contribution < -0.4 is 0 Å². The van der Waals surface area contributed by atoms with Gasteiger partial charge in [0.2, 0.25) is 9.46 Å². The van der Waals surface area contributed by atoms with Gasteiger partial charge in [0.25, 0.3) is 0 Å². The van der Waals surface area contributed by atoms with Crippen LogP contribution in [0.15, 0.2) is 13.5 Å². The van der Waals surface area contributed by atoms with Gasteiger partial charge in [-0.1, -0.05) is 6.92 Å². The second-order valence-corrected chi connectivity index (χ2v) is 12.2. The summed E-state index contributed by atoms with van der Waals surface area (Å²) >= 11 is 0. The Kier molecular flexibility index (Phi) is 3.50. The summed E-state index contributed by atoms with van der Waals surface area (Å²) in [6.07, 6.45) is 0. The van der Waals surface area contributed by atoms with Crippen LogP contribution in [0.4, 0.5) is 21.0 Å². The van der Waals surface area contributed by atoms with E-state index in [1.54, 1.807) is 4.52 Å². The number of halogens is 5. The van der Waals surface area contributed by atoms with E-state index in [4.69, 9.17) is 0 Å². The minimum atomic E-state index is -5.94. The van der Waals surface area contributed by atoms with Gasteiger partial charge in [0.1, 0.15) is 0 Å². The molecule has 5 nitrogen and oxygen atoms in total. The molecule has 1 atom stereocenters. The molecule has 0 N–H and O–H groups in total. The fourth-order valence-corrected chi connectivity index (χ4v) is 11.1. The Labute approximate surface area is 88.0 Å². The predicted octanol–water partition coefficient (Wildman–Crippen LogP) is 5.12. The summed E-state index contributed by atoms with van der Waals surface area (Å²) in [6, 6.07) is 0. The average Bonchev–Trinajstić information content (AvgIpc) is 1.96. The van der Waals surface area contributed by atoms with E-state index >= 15 is 0 Å². The quantitative estimate of drug-likeness (QED) is 0.522. The van der Waals surface area contributed by atoms with E-state index in [-0.39, 0.29) is 0 Å². The maximum atomic E-state index is 13.6. The number of rotatable bonds is 2. The molecule has 0 aromatic carbocycles. The molecule has 0 fully saturated rings. The van der Waals surface area contributed by atoms with E-state index < -0.39 is 37.6 Å². The van der Waals surface area contributed by atoms with Crippen LogP contribution in [0.2, 0.25) is 0 Å². The van der Waals surface area contributed by atoms with Crippen LogP contribution in [0, 0.1) is 0 Å². The van der Waals surface area contributed by atoms with Gasteiger partial charge in [-0.05, 0) is 0 Å². The van der Waals surface area contributed by atoms with Crippen LogP contribution in [0.3, 0.4) is 0 Å². The van der Waals surface area contributed by atoms with E-state index in [0.717, 1.165) is 6.92 Å². The Bertz CT molecular complexity index is 562. The molecule has 0 aromatic heterocycles. The number of hydrogen-bond donors (Lipinski definition) is 0. The summed E-state index contributed by atoms with van der Waals surface area (Å²) in [6.45, 7) is -4.65. The second-order valence-electron chi connectivity index (χ2n) is 2.52. The minimum absolute atomic E-state index is 0.926. The Morgan fingerprint density at radius 2 is 1.38 bits per heavy atom. The molecule has 0 saturated heterocycles. The maximum Gasteiger partial charge on any atom is 0.424 e. The maximum absolute atomic E-state index is 13.6. The lowest BCUT2D eigenvalue weighted by molar-refractivity contribution is 0.606. The van der Waals surface area contributed by atoms with Gasteiger partial charge < -0.3 is 0 Å². The van der Waals surface area contributed by atoms with Crippen molar-refractivity contribution in [2.45, 2.75) is 6.92 Å². The number of nitrogens with zero attached hydrogens (tertiary/aromatic N) is 3. The molecule has 0 aromatic rings. The highest BCUT2D eigenvalue weighted by molar-refractivity contribution is 8.52. The van der Waals surface area contributed by atoms with Crippen molar-refractivity contribution in [2.75, 3.05) is 5.75 Å². The first-order valence-corrected chi connectivity index (χ1v) is 10.4. The molecule has 1 aliphatic heterocycles. The van der Waals surface area contributed by atoms with Crippen molar-refractivity contribution in [3.05, 3.63) is 0 Å². The lowest BCUT2D eigenvalue weighted by Crippen LogP contribution is -2.00. The molecule has 96 valence electrons. The zero-order valence-electron chi connectivity index (χ0n) is 7.50. The van der Waals surface area contributed by atoms with Crippen LogP contribution >= 0.6 is 22.4 Å². The third-order valence-electron chi connectivity index (χ3n) is 1.37. The van der Waals surface area contributed by atoms with Crippen LogP contribution in [0.1, 0.15) is 6.92 Å². The Morgan fingerprint density at radius 1 is 0.938 bits per heavy atom. The van der Waals surface area contributed by atoms with Crippen molar-refractivity contribution in [2.24, 2.45) is 13.5 Å². The molecule has 0 bridgehead atoms. The van der Waals surface area contributed by atoms with Crippen molar-refractivity contribution in [3.63, 3.8) is 0 Å². The van der Waals surface area contributed by atoms with Gasteiger partial charge in [-0.2, -0.15) is 4.20 Å². The first-order chi connectivity index (χ1) is 6.93. The number of hydrogen-bond acceptors (Lipinski definition) is 5. The predicted molar refractivity (Wildman–Crippen MR) is 53.0 cm³/mol. The Balaban J connectivity index is 3.70. The molecule has 1 unspecified atom stereocenters. The highest BCUT2D eigenvalue weighted by atomic mass is 32.8. The van der Waals surface area contributed by atoms with Gasteiger partial charge in [-0.15, -0.1) is 30.3 Å². The highest BCUT2D eigenvalue weighted by Gasteiger charge is 2.46. The summed E-state index contributed by atoms with van der Waals surface area (Å²) < 4.78 is 92.1. The van der Waals surface area contributed by atoms with Crippen molar-refractivity contribution in [3.8, 4) is 0 Å². The van der Waals surface area contributed by atoms with Gasteiger partial charge in [0.05, 0.1) is 5.75 Å². The SMILES string of the molecule is CCS(=O)(=O)P1(F)=NP(F)(F)=NP(F)(F)=N1. The largest absolute Gasteiger partial charge is 0.424 e. The van der Waals surface area contributed by atoms with E-state index in [9.17, 15) is 29.4 Å². The van der Waals surface area contributed by atoms with E-state index in [0.29, 0.717) is 0 Å². The standard InChI is InChI=1S/C2H5F5N3O2P3S/c1-2-16(11,12)15(7)9-13(3,4)8-14(5,6)10-15/h2H2,1H3. The van der Waals surface area contributed by atoms with Crippen LogP contribution in [0.5, 0.6) is 0 Å². The molecule has 0 amide bonds. The zero-order chi connectivity index (χ0) is 12.8. The molecule has 1 heterocycles. The van der Waals surface area contributed by atoms with Crippen LogP contribution in [0.25, 0.3) is 0 Å². The van der Waals surface area contributed by atoms with Gasteiger partial charge in [-0.25, -0.2) is 8.42 Å². The van der Waals surface area contributed by atoms with Gasteiger partial charge in [0.15, 0.2) is 0 Å². The molecular weight excluding hydrogens is 318 g/mol. The summed E-state index contributed by atoms with van der Waals surface area (Å²) in [5, 5.41) is 0. The minimum Gasteiger partial charge on any atom is -0.218 e. The molecule has 1 rings (SSSR count). The fourth-order valence-electron chi connectivity index (χ4n) is 0.724.